The predicted molar refractivity (Wildman–Crippen MR) is 68.9 cm³/mol. The van der Waals surface area contributed by atoms with E-state index in [4.69, 9.17) is 10.8 Å². The molecule has 1 atom stereocenters. The van der Waals surface area contributed by atoms with E-state index in [1.165, 1.54) is 5.56 Å². The molecule has 17 heavy (non-hydrogen) atoms. The van der Waals surface area contributed by atoms with Crippen LogP contribution in [-0.2, 0) is 17.6 Å². The van der Waals surface area contributed by atoms with E-state index < -0.39 is 11.9 Å². The highest BCUT2D eigenvalue weighted by molar-refractivity contribution is 5.70. The van der Waals surface area contributed by atoms with E-state index in [1.807, 2.05) is 12.1 Å². The van der Waals surface area contributed by atoms with Crippen molar-refractivity contribution in [1.82, 2.24) is 0 Å². The van der Waals surface area contributed by atoms with Gasteiger partial charge in [0.05, 0.1) is 5.92 Å². The number of hydrogen-bond donors (Lipinski definition) is 2. The molecule has 0 spiro atoms. The van der Waals surface area contributed by atoms with Gasteiger partial charge in [-0.15, -0.1) is 0 Å². The van der Waals surface area contributed by atoms with Crippen LogP contribution in [0.25, 0.3) is 0 Å². The van der Waals surface area contributed by atoms with Crippen molar-refractivity contribution in [1.29, 1.82) is 0 Å². The monoisotopic (exact) mass is 235 g/mol. The molecule has 0 amide bonds. The van der Waals surface area contributed by atoms with E-state index >= 15 is 0 Å². The van der Waals surface area contributed by atoms with Gasteiger partial charge in [0.25, 0.3) is 0 Å². The maximum atomic E-state index is 10.9. The zero-order chi connectivity index (χ0) is 12.8. The smallest absolute Gasteiger partial charge is 0.308 e. The molecule has 3 heteroatoms. The van der Waals surface area contributed by atoms with Crippen molar-refractivity contribution in [3.63, 3.8) is 0 Å². The first-order valence-electron chi connectivity index (χ1n) is 6.03. The van der Waals surface area contributed by atoms with Gasteiger partial charge in [-0.25, -0.2) is 0 Å². The zero-order valence-electron chi connectivity index (χ0n) is 10.5. The lowest BCUT2D eigenvalue weighted by molar-refractivity contribution is -0.141. The molecule has 0 aliphatic rings. The Kier molecular flexibility index (Phi) is 5.16. The Labute approximate surface area is 103 Å². The quantitative estimate of drug-likeness (QED) is 0.793. The van der Waals surface area contributed by atoms with Crippen LogP contribution in [0.2, 0.25) is 0 Å². The number of carboxylic acid groups (broad SMARTS) is 1. The van der Waals surface area contributed by atoms with Crippen LogP contribution >= 0.6 is 0 Å². The van der Waals surface area contributed by atoms with E-state index in [0.717, 1.165) is 12.0 Å². The molecule has 1 rings (SSSR count). The van der Waals surface area contributed by atoms with Crippen molar-refractivity contribution in [3.8, 4) is 0 Å². The minimum absolute atomic E-state index is 0.184. The Balaban J connectivity index is 2.74. The van der Waals surface area contributed by atoms with Crippen LogP contribution < -0.4 is 5.73 Å². The Morgan fingerprint density at radius 1 is 1.29 bits per heavy atom. The average molecular weight is 235 g/mol. The van der Waals surface area contributed by atoms with Gasteiger partial charge in [0, 0.05) is 6.54 Å². The minimum Gasteiger partial charge on any atom is -0.481 e. The van der Waals surface area contributed by atoms with Crippen LogP contribution in [-0.4, -0.2) is 17.6 Å². The summed E-state index contributed by atoms with van der Waals surface area (Å²) in [6.07, 6.45) is 1.53. The number of carboxylic acids is 1. The molecule has 1 aromatic carbocycles. The van der Waals surface area contributed by atoms with Gasteiger partial charge < -0.3 is 10.8 Å². The van der Waals surface area contributed by atoms with Crippen LogP contribution in [0.4, 0.5) is 0 Å². The second kappa shape index (κ2) is 6.40. The molecular formula is C14H21NO2. The summed E-state index contributed by atoms with van der Waals surface area (Å²) in [7, 11) is 0. The summed E-state index contributed by atoms with van der Waals surface area (Å²) in [4.78, 5) is 10.9. The van der Waals surface area contributed by atoms with Crippen LogP contribution in [0.3, 0.4) is 0 Å². The van der Waals surface area contributed by atoms with Crippen LogP contribution in [0.15, 0.2) is 24.3 Å². The predicted octanol–water partition coefficient (Wildman–Crippen LogP) is 2.09. The van der Waals surface area contributed by atoms with E-state index in [2.05, 4.69) is 26.0 Å². The number of benzene rings is 1. The number of carbonyl (C=O) groups is 1. The van der Waals surface area contributed by atoms with Crippen molar-refractivity contribution in [2.75, 3.05) is 6.54 Å². The molecular weight excluding hydrogens is 214 g/mol. The van der Waals surface area contributed by atoms with Crippen molar-refractivity contribution in [2.24, 2.45) is 17.6 Å². The van der Waals surface area contributed by atoms with E-state index in [-0.39, 0.29) is 6.54 Å². The molecule has 0 radical (unpaired) electrons. The summed E-state index contributed by atoms with van der Waals surface area (Å²) >= 11 is 0. The molecule has 3 N–H and O–H groups in total. The standard InChI is InChI=1S/C14H21NO2/c1-10(2)6-11-4-3-5-12(7-11)8-13(9-15)14(16)17/h3-5,7,10,13H,6,8-9,15H2,1-2H3,(H,16,17)/t13-/m0/s1. The fraction of sp³-hybridized carbons (Fsp3) is 0.500. The van der Waals surface area contributed by atoms with Crippen molar-refractivity contribution in [3.05, 3.63) is 35.4 Å². The highest BCUT2D eigenvalue weighted by atomic mass is 16.4. The van der Waals surface area contributed by atoms with Gasteiger partial charge in [0.2, 0.25) is 0 Å². The fourth-order valence-corrected chi connectivity index (χ4v) is 1.91. The van der Waals surface area contributed by atoms with E-state index in [9.17, 15) is 4.79 Å². The third-order valence-corrected chi connectivity index (χ3v) is 2.75. The molecule has 0 bridgehead atoms. The SMILES string of the molecule is CC(C)Cc1cccc(C[C@@H](CN)C(=O)O)c1. The summed E-state index contributed by atoms with van der Waals surface area (Å²) in [5.41, 5.74) is 7.78. The number of rotatable bonds is 6. The third-order valence-electron chi connectivity index (χ3n) is 2.75. The largest absolute Gasteiger partial charge is 0.481 e. The van der Waals surface area contributed by atoms with Crippen molar-refractivity contribution >= 4 is 5.97 Å². The molecule has 0 aromatic heterocycles. The molecule has 94 valence electrons. The Morgan fingerprint density at radius 3 is 2.35 bits per heavy atom. The Bertz CT molecular complexity index is 374. The van der Waals surface area contributed by atoms with Gasteiger partial charge in [-0.2, -0.15) is 0 Å². The molecule has 1 aromatic rings. The van der Waals surface area contributed by atoms with Crippen molar-refractivity contribution < 1.29 is 9.90 Å². The molecule has 0 aliphatic carbocycles. The van der Waals surface area contributed by atoms with Gasteiger partial charge in [-0.05, 0) is 29.9 Å². The number of hydrogen-bond acceptors (Lipinski definition) is 2. The lowest BCUT2D eigenvalue weighted by atomic mass is 9.95. The van der Waals surface area contributed by atoms with Gasteiger partial charge in [0.15, 0.2) is 0 Å². The highest BCUT2D eigenvalue weighted by Gasteiger charge is 2.15. The Morgan fingerprint density at radius 2 is 1.88 bits per heavy atom. The molecule has 3 nitrogen and oxygen atoms in total. The topological polar surface area (TPSA) is 63.3 Å². The molecule has 0 aliphatic heterocycles. The summed E-state index contributed by atoms with van der Waals surface area (Å²) < 4.78 is 0. The summed E-state index contributed by atoms with van der Waals surface area (Å²) in [5, 5.41) is 8.97. The first-order valence-corrected chi connectivity index (χ1v) is 6.03. The maximum absolute atomic E-state index is 10.9. The summed E-state index contributed by atoms with van der Waals surface area (Å²) in [6.45, 7) is 4.53. The number of aliphatic carboxylic acids is 1. The Hall–Kier alpha value is -1.35. The second-order valence-corrected chi connectivity index (χ2v) is 4.89. The third kappa shape index (κ3) is 4.57. The van der Waals surface area contributed by atoms with Crippen LogP contribution in [0, 0.1) is 11.8 Å². The molecule has 0 heterocycles. The van der Waals surface area contributed by atoms with E-state index in [0.29, 0.717) is 12.3 Å². The fourth-order valence-electron chi connectivity index (χ4n) is 1.91. The summed E-state index contributed by atoms with van der Waals surface area (Å²) in [6, 6.07) is 8.13. The zero-order valence-corrected chi connectivity index (χ0v) is 10.5. The lowest BCUT2D eigenvalue weighted by Gasteiger charge is -2.11. The lowest BCUT2D eigenvalue weighted by Crippen LogP contribution is -2.25. The molecule has 0 saturated carbocycles. The van der Waals surface area contributed by atoms with Gasteiger partial charge in [-0.3, -0.25) is 4.79 Å². The second-order valence-electron chi connectivity index (χ2n) is 4.89. The van der Waals surface area contributed by atoms with Crippen LogP contribution in [0.1, 0.15) is 25.0 Å². The maximum Gasteiger partial charge on any atom is 0.308 e. The summed E-state index contributed by atoms with van der Waals surface area (Å²) in [5.74, 6) is -0.693. The van der Waals surface area contributed by atoms with E-state index in [1.54, 1.807) is 0 Å². The average Bonchev–Trinajstić information content (AvgIpc) is 2.25. The van der Waals surface area contributed by atoms with Gasteiger partial charge in [0.1, 0.15) is 0 Å². The van der Waals surface area contributed by atoms with Gasteiger partial charge in [-0.1, -0.05) is 38.1 Å². The first kappa shape index (κ1) is 13.7. The molecule has 0 fully saturated rings. The highest BCUT2D eigenvalue weighted by Crippen LogP contribution is 2.14. The normalized spacial score (nSPS) is 12.7. The molecule has 0 saturated heterocycles. The number of nitrogens with two attached hydrogens (primary N) is 1. The molecule has 0 unspecified atom stereocenters. The van der Waals surface area contributed by atoms with Crippen molar-refractivity contribution in [2.45, 2.75) is 26.7 Å². The van der Waals surface area contributed by atoms with Gasteiger partial charge >= 0.3 is 5.97 Å². The minimum atomic E-state index is -0.818. The first-order chi connectivity index (χ1) is 8.02. The van der Waals surface area contributed by atoms with Crippen LogP contribution in [0.5, 0.6) is 0 Å².